The van der Waals surface area contributed by atoms with E-state index in [1.165, 1.54) is 0 Å². The van der Waals surface area contributed by atoms with Crippen molar-refractivity contribution in [3.8, 4) is 12.3 Å². The summed E-state index contributed by atoms with van der Waals surface area (Å²) in [5, 5.41) is 0. The minimum Gasteiger partial charge on any atom is -0.294 e. The second-order valence-corrected chi connectivity index (χ2v) is 3.93. The van der Waals surface area contributed by atoms with Gasteiger partial charge in [0.15, 0.2) is 0 Å². The van der Waals surface area contributed by atoms with Crippen molar-refractivity contribution < 1.29 is 0 Å². The van der Waals surface area contributed by atoms with E-state index in [-0.39, 0.29) is 0 Å². The molecule has 0 aliphatic rings. The quantitative estimate of drug-likeness (QED) is 0.442. The molecule has 0 bridgehead atoms. The SMILES string of the molecule is C#CCN=C[C-]=C(c1ccccc1)c1ccccc1. The molecule has 92 valence electrons. The van der Waals surface area contributed by atoms with Crippen LogP contribution in [0.2, 0.25) is 0 Å². The van der Waals surface area contributed by atoms with Crippen LogP contribution in [0.3, 0.4) is 0 Å². The van der Waals surface area contributed by atoms with E-state index >= 15 is 0 Å². The van der Waals surface area contributed by atoms with Gasteiger partial charge in [-0.05, 0) is 6.21 Å². The predicted molar refractivity (Wildman–Crippen MR) is 80.8 cm³/mol. The molecule has 19 heavy (non-hydrogen) atoms. The van der Waals surface area contributed by atoms with Crippen molar-refractivity contribution in [2.24, 2.45) is 4.99 Å². The molecule has 0 aliphatic heterocycles. The Balaban J connectivity index is 2.38. The molecule has 0 aromatic heterocycles. The number of terminal acetylenes is 1. The molecule has 2 rings (SSSR count). The molecule has 0 radical (unpaired) electrons. The van der Waals surface area contributed by atoms with Gasteiger partial charge in [0.05, 0.1) is 6.54 Å². The van der Waals surface area contributed by atoms with E-state index in [2.05, 4.69) is 41.3 Å². The Morgan fingerprint density at radius 1 is 1.00 bits per heavy atom. The summed E-state index contributed by atoms with van der Waals surface area (Å²) >= 11 is 0. The Morgan fingerprint density at radius 2 is 1.53 bits per heavy atom. The number of benzene rings is 2. The molecule has 0 aliphatic carbocycles. The van der Waals surface area contributed by atoms with Crippen LogP contribution in [-0.2, 0) is 0 Å². The summed E-state index contributed by atoms with van der Waals surface area (Å²) in [6.07, 6.45) is 10.0. The standard InChI is InChI=1S/C18H14N/c1-2-14-19-15-13-18(16-9-5-3-6-10-16)17-11-7-4-8-12-17/h1,3-12,15H,14H2/q-1. The van der Waals surface area contributed by atoms with E-state index < -0.39 is 0 Å². The van der Waals surface area contributed by atoms with Crippen LogP contribution in [0.4, 0.5) is 0 Å². The van der Waals surface area contributed by atoms with Gasteiger partial charge in [0.25, 0.3) is 0 Å². The molecule has 0 spiro atoms. The van der Waals surface area contributed by atoms with E-state index in [0.717, 1.165) is 16.7 Å². The first kappa shape index (κ1) is 12.9. The number of allylic oxidation sites excluding steroid dienone is 1. The third-order valence-electron chi connectivity index (χ3n) is 2.61. The van der Waals surface area contributed by atoms with Gasteiger partial charge in [-0.2, -0.15) is 11.6 Å². The Morgan fingerprint density at radius 3 is 2.00 bits per heavy atom. The lowest BCUT2D eigenvalue weighted by Crippen LogP contribution is -1.89. The molecular formula is C18H14N-. The Kier molecular flexibility index (Phi) is 4.72. The molecule has 2 aromatic carbocycles. The summed E-state index contributed by atoms with van der Waals surface area (Å²) in [6, 6.07) is 20.3. The second kappa shape index (κ2) is 6.98. The van der Waals surface area contributed by atoms with Crippen molar-refractivity contribution >= 4 is 11.8 Å². The topological polar surface area (TPSA) is 12.4 Å². The first-order valence-electron chi connectivity index (χ1n) is 6.08. The van der Waals surface area contributed by atoms with Crippen LogP contribution < -0.4 is 0 Å². The third-order valence-corrected chi connectivity index (χ3v) is 2.61. The minimum absolute atomic E-state index is 0.379. The van der Waals surface area contributed by atoms with Gasteiger partial charge in [0.1, 0.15) is 0 Å². The molecule has 0 heterocycles. The zero-order valence-electron chi connectivity index (χ0n) is 10.6. The summed E-state index contributed by atoms with van der Waals surface area (Å²) in [6.45, 7) is 0.379. The lowest BCUT2D eigenvalue weighted by molar-refractivity contribution is 1.31. The lowest BCUT2D eigenvalue weighted by atomic mass is 9.98. The first-order chi connectivity index (χ1) is 9.42. The van der Waals surface area contributed by atoms with E-state index in [9.17, 15) is 0 Å². The van der Waals surface area contributed by atoms with Gasteiger partial charge in [-0.15, -0.1) is 41.8 Å². The van der Waals surface area contributed by atoms with Crippen LogP contribution in [0, 0.1) is 18.4 Å². The van der Waals surface area contributed by atoms with Gasteiger partial charge in [-0.1, -0.05) is 42.3 Å². The maximum absolute atomic E-state index is 5.17. The molecular weight excluding hydrogens is 230 g/mol. The fraction of sp³-hybridized carbons (Fsp3) is 0.0556. The summed E-state index contributed by atoms with van der Waals surface area (Å²) < 4.78 is 0. The highest BCUT2D eigenvalue weighted by Crippen LogP contribution is 2.21. The predicted octanol–water partition coefficient (Wildman–Crippen LogP) is 3.63. The number of rotatable bonds is 4. The van der Waals surface area contributed by atoms with Gasteiger partial charge in [-0.25, -0.2) is 0 Å². The molecule has 0 unspecified atom stereocenters. The maximum atomic E-state index is 5.17. The maximum Gasteiger partial charge on any atom is 0.0981 e. The molecule has 0 saturated carbocycles. The molecule has 1 heteroatoms. The van der Waals surface area contributed by atoms with Crippen LogP contribution in [0.25, 0.3) is 5.57 Å². The van der Waals surface area contributed by atoms with Crippen molar-refractivity contribution in [2.45, 2.75) is 0 Å². The highest BCUT2D eigenvalue weighted by molar-refractivity contribution is 5.87. The largest absolute Gasteiger partial charge is 0.294 e. The molecule has 0 atom stereocenters. The van der Waals surface area contributed by atoms with Crippen LogP contribution >= 0.6 is 0 Å². The van der Waals surface area contributed by atoms with Gasteiger partial charge in [0, 0.05) is 0 Å². The number of nitrogens with zero attached hydrogens (tertiary/aromatic N) is 1. The molecule has 0 fully saturated rings. The summed E-state index contributed by atoms with van der Waals surface area (Å²) in [5.41, 5.74) is 3.24. The summed E-state index contributed by atoms with van der Waals surface area (Å²) in [4.78, 5) is 4.09. The number of hydrogen-bond acceptors (Lipinski definition) is 1. The number of aliphatic imine (C=N–C) groups is 1. The van der Waals surface area contributed by atoms with E-state index in [0.29, 0.717) is 6.54 Å². The smallest absolute Gasteiger partial charge is 0.0981 e. The average molecular weight is 244 g/mol. The zero-order valence-corrected chi connectivity index (χ0v) is 10.6. The van der Waals surface area contributed by atoms with Gasteiger partial charge in [0.2, 0.25) is 0 Å². The fourth-order valence-electron chi connectivity index (χ4n) is 1.75. The van der Waals surface area contributed by atoms with Crippen molar-refractivity contribution in [2.75, 3.05) is 6.54 Å². The lowest BCUT2D eigenvalue weighted by Gasteiger charge is -2.17. The van der Waals surface area contributed by atoms with Crippen molar-refractivity contribution in [3.63, 3.8) is 0 Å². The fourth-order valence-corrected chi connectivity index (χ4v) is 1.75. The van der Waals surface area contributed by atoms with Crippen molar-refractivity contribution in [3.05, 3.63) is 77.9 Å². The second-order valence-electron chi connectivity index (χ2n) is 3.93. The highest BCUT2D eigenvalue weighted by atomic mass is 14.7. The Hall–Kier alpha value is -2.59. The molecule has 2 aromatic rings. The van der Waals surface area contributed by atoms with Gasteiger partial charge < -0.3 is 0 Å². The first-order valence-corrected chi connectivity index (χ1v) is 6.08. The highest BCUT2D eigenvalue weighted by Gasteiger charge is 1.92. The summed E-state index contributed by atoms with van der Waals surface area (Å²) in [5.74, 6) is 2.47. The monoisotopic (exact) mass is 244 g/mol. The van der Waals surface area contributed by atoms with Crippen molar-refractivity contribution in [1.29, 1.82) is 0 Å². The van der Waals surface area contributed by atoms with Crippen LogP contribution in [0.5, 0.6) is 0 Å². The molecule has 0 saturated heterocycles. The third kappa shape index (κ3) is 3.69. The zero-order chi connectivity index (χ0) is 13.3. The minimum atomic E-state index is 0.379. The molecule has 0 amide bonds. The Bertz CT molecular complexity index is 560. The van der Waals surface area contributed by atoms with Gasteiger partial charge in [-0.3, -0.25) is 4.99 Å². The Labute approximate surface area is 114 Å². The van der Waals surface area contributed by atoms with E-state index in [1.807, 2.05) is 36.4 Å². The van der Waals surface area contributed by atoms with Crippen LogP contribution in [-0.4, -0.2) is 12.8 Å². The van der Waals surface area contributed by atoms with E-state index in [1.54, 1.807) is 6.21 Å². The normalized spacial score (nSPS) is 10.1. The molecule has 1 nitrogen and oxygen atoms in total. The molecule has 0 N–H and O–H groups in total. The van der Waals surface area contributed by atoms with Crippen LogP contribution in [0.1, 0.15) is 11.1 Å². The number of hydrogen-bond donors (Lipinski definition) is 0. The average Bonchev–Trinajstić information content (AvgIpc) is 2.49. The van der Waals surface area contributed by atoms with Crippen LogP contribution in [0.15, 0.2) is 65.7 Å². The van der Waals surface area contributed by atoms with Crippen molar-refractivity contribution in [1.82, 2.24) is 0 Å². The van der Waals surface area contributed by atoms with Gasteiger partial charge >= 0.3 is 0 Å². The van der Waals surface area contributed by atoms with E-state index in [4.69, 9.17) is 6.42 Å². The summed E-state index contributed by atoms with van der Waals surface area (Å²) in [7, 11) is 0.